The van der Waals surface area contributed by atoms with Crippen LogP contribution in [0.25, 0.3) is 0 Å². The summed E-state index contributed by atoms with van der Waals surface area (Å²) in [7, 11) is 1.36. The van der Waals surface area contributed by atoms with E-state index in [2.05, 4.69) is 0 Å². The van der Waals surface area contributed by atoms with Crippen LogP contribution in [0.4, 0.5) is 0 Å². The highest BCUT2D eigenvalue weighted by Crippen LogP contribution is 2.13. The van der Waals surface area contributed by atoms with Gasteiger partial charge in [0.2, 0.25) is 0 Å². The largest absolute Gasteiger partial charge is 0.465 e. The first-order chi connectivity index (χ1) is 9.15. The zero-order valence-corrected chi connectivity index (χ0v) is 10.9. The summed E-state index contributed by atoms with van der Waals surface area (Å²) in [5.41, 5.74) is 3.09. The molecule has 1 heterocycles. The second-order valence-corrected chi connectivity index (χ2v) is 4.30. The highest BCUT2D eigenvalue weighted by atomic mass is 16.5. The van der Waals surface area contributed by atoms with Gasteiger partial charge in [0.1, 0.15) is 0 Å². The highest BCUT2D eigenvalue weighted by Gasteiger charge is 2.08. The number of methoxy groups -OCH3 is 1. The molecular weight excluding hydrogens is 242 g/mol. The Morgan fingerprint density at radius 1 is 1.32 bits per heavy atom. The van der Waals surface area contributed by atoms with Crippen molar-refractivity contribution in [3.05, 3.63) is 58.9 Å². The molecule has 4 nitrogen and oxygen atoms in total. The van der Waals surface area contributed by atoms with E-state index in [-0.39, 0.29) is 5.97 Å². The van der Waals surface area contributed by atoms with Gasteiger partial charge in [0.25, 0.3) is 0 Å². The average Bonchev–Trinajstić information content (AvgIpc) is 2.79. The van der Waals surface area contributed by atoms with Gasteiger partial charge in [-0.25, -0.2) is 4.79 Å². The van der Waals surface area contributed by atoms with E-state index < -0.39 is 0 Å². The first-order valence-electron chi connectivity index (χ1n) is 5.94. The highest BCUT2D eigenvalue weighted by molar-refractivity contribution is 5.89. The zero-order chi connectivity index (χ0) is 13.8. The number of benzene rings is 1. The summed E-state index contributed by atoms with van der Waals surface area (Å²) in [6.45, 7) is 2.49. The summed E-state index contributed by atoms with van der Waals surface area (Å²) in [5, 5.41) is 0. The standard InChI is InChI=1S/C15H15NO3/c1-11-6-7-14(10-17)16(11)9-12-4-3-5-13(8-12)15(18)19-2/h3-8,10H,9H2,1-2H3. The van der Waals surface area contributed by atoms with E-state index in [0.29, 0.717) is 17.8 Å². The molecule has 0 aliphatic heterocycles. The van der Waals surface area contributed by atoms with Crippen molar-refractivity contribution < 1.29 is 14.3 Å². The molecule has 1 aromatic carbocycles. The Kier molecular flexibility index (Phi) is 3.80. The summed E-state index contributed by atoms with van der Waals surface area (Å²) in [5.74, 6) is -0.360. The van der Waals surface area contributed by atoms with Crippen molar-refractivity contribution in [1.82, 2.24) is 4.57 Å². The molecule has 2 rings (SSSR count). The molecule has 98 valence electrons. The molecule has 0 saturated heterocycles. The zero-order valence-electron chi connectivity index (χ0n) is 10.9. The van der Waals surface area contributed by atoms with E-state index in [1.54, 1.807) is 24.3 Å². The molecule has 0 saturated carbocycles. The minimum absolute atomic E-state index is 0.360. The van der Waals surface area contributed by atoms with Gasteiger partial charge in [-0.3, -0.25) is 4.79 Å². The fourth-order valence-electron chi connectivity index (χ4n) is 2.01. The van der Waals surface area contributed by atoms with Crippen LogP contribution in [0.5, 0.6) is 0 Å². The molecule has 0 aliphatic rings. The summed E-state index contributed by atoms with van der Waals surface area (Å²) in [4.78, 5) is 22.4. The third kappa shape index (κ3) is 2.73. The average molecular weight is 257 g/mol. The molecule has 0 radical (unpaired) electrons. The predicted octanol–water partition coefficient (Wildman–Crippen LogP) is 2.44. The summed E-state index contributed by atoms with van der Waals surface area (Å²) in [6, 6.07) is 10.9. The lowest BCUT2D eigenvalue weighted by molar-refractivity contribution is 0.0600. The van der Waals surface area contributed by atoms with Crippen molar-refractivity contribution in [3.8, 4) is 0 Å². The Balaban J connectivity index is 2.31. The van der Waals surface area contributed by atoms with Gasteiger partial charge in [-0.05, 0) is 36.8 Å². The van der Waals surface area contributed by atoms with Gasteiger partial charge in [-0.2, -0.15) is 0 Å². The number of nitrogens with zero attached hydrogens (tertiary/aromatic N) is 1. The number of carbonyl (C=O) groups is 2. The quantitative estimate of drug-likeness (QED) is 0.624. The Morgan fingerprint density at radius 2 is 2.11 bits per heavy atom. The van der Waals surface area contributed by atoms with Crippen molar-refractivity contribution in [3.63, 3.8) is 0 Å². The number of aromatic nitrogens is 1. The third-order valence-corrected chi connectivity index (χ3v) is 3.04. The van der Waals surface area contributed by atoms with E-state index in [0.717, 1.165) is 17.5 Å². The van der Waals surface area contributed by atoms with Gasteiger partial charge in [0, 0.05) is 12.2 Å². The van der Waals surface area contributed by atoms with Crippen molar-refractivity contribution in [1.29, 1.82) is 0 Å². The fraction of sp³-hybridized carbons (Fsp3) is 0.200. The maximum absolute atomic E-state index is 11.5. The molecule has 0 amide bonds. The Hall–Kier alpha value is -2.36. The number of ether oxygens (including phenoxy) is 1. The van der Waals surface area contributed by atoms with Crippen LogP contribution in [0.2, 0.25) is 0 Å². The molecule has 1 aromatic heterocycles. The van der Waals surface area contributed by atoms with Gasteiger partial charge < -0.3 is 9.30 Å². The first-order valence-corrected chi connectivity index (χ1v) is 5.94. The number of hydrogen-bond acceptors (Lipinski definition) is 3. The smallest absolute Gasteiger partial charge is 0.337 e. The van der Waals surface area contributed by atoms with Crippen LogP contribution in [-0.4, -0.2) is 23.9 Å². The maximum Gasteiger partial charge on any atom is 0.337 e. The van der Waals surface area contributed by atoms with E-state index in [1.807, 2.05) is 23.6 Å². The molecule has 0 N–H and O–H groups in total. The Morgan fingerprint density at radius 3 is 2.79 bits per heavy atom. The maximum atomic E-state index is 11.5. The summed E-state index contributed by atoms with van der Waals surface area (Å²) in [6.07, 6.45) is 0.831. The Bertz CT molecular complexity index is 614. The predicted molar refractivity (Wildman–Crippen MR) is 71.4 cm³/mol. The minimum Gasteiger partial charge on any atom is -0.465 e. The van der Waals surface area contributed by atoms with Crippen LogP contribution in [0, 0.1) is 6.92 Å². The topological polar surface area (TPSA) is 48.3 Å². The normalized spacial score (nSPS) is 10.2. The molecule has 4 heteroatoms. The number of esters is 1. The molecule has 0 spiro atoms. The SMILES string of the molecule is COC(=O)c1cccc(Cn2c(C)ccc2C=O)c1. The minimum atomic E-state index is -0.360. The summed E-state index contributed by atoms with van der Waals surface area (Å²) < 4.78 is 6.60. The second kappa shape index (κ2) is 5.52. The van der Waals surface area contributed by atoms with Crippen molar-refractivity contribution in [2.24, 2.45) is 0 Å². The summed E-state index contributed by atoms with van der Waals surface area (Å²) >= 11 is 0. The van der Waals surface area contributed by atoms with Crippen LogP contribution < -0.4 is 0 Å². The second-order valence-electron chi connectivity index (χ2n) is 4.30. The third-order valence-electron chi connectivity index (χ3n) is 3.04. The van der Waals surface area contributed by atoms with E-state index in [1.165, 1.54) is 7.11 Å². The number of rotatable bonds is 4. The van der Waals surface area contributed by atoms with Crippen molar-refractivity contribution >= 4 is 12.3 Å². The Labute approximate surface area is 111 Å². The molecule has 0 fully saturated rings. The van der Waals surface area contributed by atoms with Crippen molar-refractivity contribution in [2.45, 2.75) is 13.5 Å². The number of hydrogen-bond donors (Lipinski definition) is 0. The van der Waals surface area contributed by atoms with Crippen LogP contribution in [0.15, 0.2) is 36.4 Å². The monoisotopic (exact) mass is 257 g/mol. The number of aldehydes is 1. The van der Waals surface area contributed by atoms with Gasteiger partial charge in [0.15, 0.2) is 6.29 Å². The van der Waals surface area contributed by atoms with E-state index >= 15 is 0 Å². The van der Waals surface area contributed by atoms with Gasteiger partial charge in [-0.15, -0.1) is 0 Å². The number of aryl methyl sites for hydroxylation is 1. The van der Waals surface area contributed by atoms with Crippen LogP contribution in [-0.2, 0) is 11.3 Å². The van der Waals surface area contributed by atoms with Gasteiger partial charge in [0.05, 0.1) is 18.4 Å². The number of carbonyl (C=O) groups excluding carboxylic acids is 2. The fourth-order valence-corrected chi connectivity index (χ4v) is 2.01. The molecule has 19 heavy (non-hydrogen) atoms. The molecule has 0 aliphatic carbocycles. The molecule has 0 bridgehead atoms. The lowest BCUT2D eigenvalue weighted by Gasteiger charge is -2.09. The molecular formula is C15H15NO3. The molecule has 0 unspecified atom stereocenters. The molecule has 0 atom stereocenters. The van der Waals surface area contributed by atoms with Crippen LogP contribution in [0.3, 0.4) is 0 Å². The van der Waals surface area contributed by atoms with Gasteiger partial charge >= 0.3 is 5.97 Å². The molecule has 2 aromatic rings. The van der Waals surface area contributed by atoms with E-state index in [4.69, 9.17) is 4.74 Å². The lowest BCUT2D eigenvalue weighted by Crippen LogP contribution is -2.07. The first kappa shape index (κ1) is 13.1. The van der Waals surface area contributed by atoms with Crippen molar-refractivity contribution in [2.75, 3.05) is 7.11 Å². The van der Waals surface area contributed by atoms with Crippen LogP contribution in [0.1, 0.15) is 32.1 Å². The lowest BCUT2D eigenvalue weighted by atomic mass is 10.1. The van der Waals surface area contributed by atoms with Gasteiger partial charge in [-0.1, -0.05) is 12.1 Å². The van der Waals surface area contributed by atoms with E-state index in [9.17, 15) is 9.59 Å². The van der Waals surface area contributed by atoms with Crippen LogP contribution >= 0.6 is 0 Å².